The van der Waals surface area contributed by atoms with Gasteiger partial charge in [-0.25, -0.2) is 4.98 Å². The lowest BCUT2D eigenvalue weighted by atomic mass is 9.95. The first-order chi connectivity index (χ1) is 6.86. The molecule has 0 spiro atoms. The van der Waals surface area contributed by atoms with E-state index in [-0.39, 0.29) is 0 Å². The Hall–Kier alpha value is -0.900. The monoisotopic (exact) mass is 194 g/mol. The van der Waals surface area contributed by atoms with Gasteiger partial charge in [0.2, 0.25) is 0 Å². The van der Waals surface area contributed by atoms with Crippen molar-refractivity contribution in [3.63, 3.8) is 0 Å². The molecular formula is C10H18N4. The molecule has 4 nitrogen and oxygen atoms in total. The Morgan fingerprint density at radius 3 is 2.93 bits per heavy atom. The van der Waals surface area contributed by atoms with Gasteiger partial charge in [0.1, 0.15) is 12.2 Å². The normalized spacial score (nSPS) is 18.6. The summed E-state index contributed by atoms with van der Waals surface area (Å²) in [6, 6.07) is 0. The molecule has 1 N–H and O–H groups in total. The minimum Gasteiger partial charge on any atom is -0.317 e. The van der Waals surface area contributed by atoms with Crippen LogP contribution in [-0.2, 0) is 6.54 Å². The lowest BCUT2D eigenvalue weighted by Gasteiger charge is -2.22. The van der Waals surface area contributed by atoms with Crippen LogP contribution in [0.2, 0.25) is 0 Å². The average Bonchev–Trinajstić information content (AvgIpc) is 2.63. The van der Waals surface area contributed by atoms with Gasteiger partial charge >= 0.3 is 0 Å². The molecule has 0 bridgehead atoms. The molecule has 1 aliphatic heterocycles. The fourth-order valence-corrected chi connectivity index (χ4v) is 2.02. The molecule has 2 heterocycles. The lowest BCUT2D eigenvalue weighted by molar-refractivity contribution is 0.330. The van der Waals surface area contributed by atoms with E-state index in [1.807, 2.05) is 11.6 Å². The third kappa shape index (κ3) is 2.32. The molecular weight excluding hydrogens is 176 g/mol. The summed E-state index contributed by atoms with van der Waals surface area (Å²) in [5.74, 6) is 1.90. The van der Waals surface area contributed by atoms with Gasteiger partial charge in [0.25, 0.3) is 0 Å². The van der Waals surface area contributed by atoms with Crippen molar-refractivity contribution in [2.45, 2.75) is 32.7 Å². The maximum atomic E-state index is 4.19. The molecule has 0 unspecified atom stereocenters. The van der Waals surface area contributed by atoms with Crippen molar-refractivity contribution in [3.8, 4) is 0 Å². The van der Waals surface area contributed by atoms with Gasteiger partial charge < -0.3 is 5.32 Å². The lowest BCUT2D eigenvalue weighted by Crippen LogP contribution is -2.28. The first-order valence-corrected chi connectivity index (χ1v) is 5.41. The van der Waals surface area contributed by atoms with Crippen molar-refractivity contribution in [1.29, 1.82) is 0 Å². The van der Waals surface area contributed by atoms with Gasteiger partial charge in [-0.1, -0.05) is 0 Å². The third-order valence-electron chi connectivity index (χ3n) is 3.02. The summed E-state index contributed by atoms with van der Waals surface area (Å²) in [6.45, 7) is 5.40. The van der Waals surface area contributed by atoms with E-state index in [4.69, 9.17) is 0 Å². The number of piperidine rings is 1. The van der Waals surface area contributed by atoms with Crippen LogP contribution in [0.4, 0.5) is 0 Å². The highest BCUT2D eigenvalue weighted by Gasteiger charge is 2.13. The minimum atomic E-state index is 0.875. The van der Waals surface area contributed by atoms with E-state index in [2.05, 4.69) is 15.4 Å². The molecule has 14 heavy (non-hydrogen) atoms. The number of nitrogens with one attached hydrogen (secondary N) is 1. The van der Waals surface area contributed by atoms with E-state index < -0.39 is 0 Å². The number of hydrogen-bond acceptors (Lipinski definition) is 3. The maximum absolute atomic E-state index is 4.19. The van der Waals surface area contributed by atoms with E-state index in [9.17, 15) is 0 Å². The second kappa shape index (κ2) is 4.55. The zero-order chi connectivity index (χ0) is 9.80. The summed E-state index contributed by atoms with van der Waals surface area (Å²) < 4.78 is 2.00. The predicted octanol–water partition coefficient (Wildman–Crippen LogP) is 0.976. The van der Waals surface area contributed by atoms with Crippen LogP contribution in [0.15, 0.2) is 6.33 Å². The highest BCUT2D eigenvalue weighted by Crippen LogP contribution is 2.16. The van der Waals surface area contributed by atoms with Gasteiger partial charge in [0.05, 0.1) is 0 Å². The Kier molecular flexibility index (Phi) is 3.14. The zero-order valence-electron chi connectivity index (χ0n) is 8.74. The van der Waals surface area contributed by atoms with Gasteiger partial charge in [-0.15, -0.1) is 0 Å². The summed E-state index contributed by atoms with van der Waals surface area (Å²) in [5.41, 5.74) is 0. The van der Waals surface area contributed by atoms with Crippen molar-refractivity contribution >= 4 is 0 Å². The van der Waals surface area contributed by atoms with Crippen molar-refractivity contribution in [2.24, 2.45) is 5.92 Å². The van der Waals surface area contributed by atoms with Crippen LogP contribution in [-0.4, -0.2) is 27.9 Å². The highest BCUT2D eigenvalue weighted by atomic mass is 15.3. The first kappa shape index (κ1) is 9.65. The smallest absolute Gasteiger partial charge is 0.138 e. The molecule has 2 rings (SSSR count). The first-order valence-electron chi connectivity index (χ1n) is 5.41. The number of hydrogen-bond donors (Lipinski definition) is 1. The molecule has 1 saturated heterocycles. The Morgan fingerprint density at radius 1 is 1.50 bits per heavy atom. The molecule has 1 aromatic rings. The molecule has 0 radical (unpaired) electrons. The topological polar surface area (TPSA) is 42.7 Å². The molecule has 0 saturated carbocycles. The second-order valence-electron chi connectivity index (χ2n) is 4.01. The summed E-state index contributed by atoms with van der Waals surface area (Å²) in [6.07, 6.45) is 5.51. The Morgan fingerprint density at radius 2 is 2.29 bits per heavy atom. The average molecular weight is 194 g/mol. The standard InChI is InChI=1S/C10H18N4/c1-9-12-8-13-14(9)7-4-10-2-5-11-6-3-10/h8,10-11H,2-7H2,1H3. The summed E-state index contributed by atoms with van der Waals surface area (Å²) in [7, 11) is 0. The summed E-state index contributed by atoms with van der Waals surface area (Å²) in [5, 5.41) is 7.57. The van der Waals surface area contributed by atoms with Gasteiger partial charge in [0.15, 0.2) is 0 Å². The quantitative estimate of drug-likeness (QED) is 0.780. The number of rotatable bonds is 3. The second-order valence-corrected chi connectivity index (χ2v) is 4.01. The molecule has 0 atom stereocenters. The van der Waals surface area contributed by atoms with E-state index in [1.54, 1.807) is 6.33 Å². The van der Waals surface area contributed by atoms with Gasteiger partial charge in [0, 0.05) is 6.54 Å². The predicted molar refractivity (Wildman–Crippen MR) is 55.0 cm³/mol. The molecule has 78 valence electrons. The summed E-state index contributed by atoms with van der Waals surface area (Å²) in [4.78, 5) is 4.12. The molecule has 1 fully saturated rings. The molecule has 0 amide bonds. The van der Waals surface area contributed by atoms with Crippen molar-refractivity contribution in [3.05, 3.63) is 12.2 Å². The number of nitrogens with zero attached hydrogens (tertiary/aromatic N) is 3. The van der Waals surface area contributed by atoms with Crippen molar-refractivity contribution < 1.29 is 0 Å². The Bertz CT molecular complexity index is 275. The van der Waals surface area contributed by atoms with Gasteiger partial charge in [-0.2, -0.15) is 5.10 Å². The molecule has 0 aromatic carbocycles. The van der Waals surface area contributed by atoms with Crippen LogP contribution < -0.4 is 5.32 Å². The fraction of sp³-hybridized carbons (Fsp3) is 0.800. The molecule has 1 aromatic heterocycles. The molecule has 1 aliphatic rings. The van der Waals surface area contributed by atoms with Crippen molar-refractivity contribution in [2.75, 3.05) is 13.1 Å². The van der Waals surface area contributed by atoms with E-state index in [0.717, 1.165) is 18.3 Å². The minimum absolute atomic E-state index is 0.875. The third-order valence-corrected chi connectivity index (χ3v) is 3.02. The Labute approximate surface area is 84.7 Å². The van der Waals surface area contributed by atoms with Crippen LogP contribution in [0.25, 0.3) is 0 Å². The number of aromatic nitrogens is 3. The van der Waals surface area contributed by atoms with Crippen LogP contribution in [0.3, 0.4) is 0 Å². The Balaban J connectivity index is 1.79. The zero-order valence-corrected chi connectivity index (χ0v) is 8.74. The van der Waals surface area contributed by atoms with Gasteiger partial charge in [-0.3, -0.25) is 4.68 Å². The largest absolute Gasteiger partial charge is 0.317 e. The number of aryl methyl sites for hydroxylation is 2. The van der Waals surface area contributed by atoms with Crippen LogP contribution in [0, 0.1) is 12.8 Å². The van der Waals surface area contributed by atoms with E-state index in [1.165, 1.54) is 32.4 Å². The van der Waals surface area contributed by atoms with E-state index in [0.29, 0.717) is 0 Å². The molecule has 4 heteroatoms. The molecule has 0 aliphatic carbocycles. The van der Waals surface area contributed by atoms with Crippen molar-refractivity contribution in [1.82, 2.24) is 20.1 Å². The summed E-state index contributed by atoms with van der Waals surface area (Å²) >= 11 is 0. The highest BCUT2D eigenvalue weighted by molar-refractivity contribution is 4.78. The van der Waals surface area contributed by atoms with Crippen LogP contribution in [0.1, 0.15) is 25.1 Å². The fourth-order valence-electron chi connectivity index (χ4n) is 2.02. The SMILES string of the molecule is Cc1ncnn1CCC1CCNCC1. The van der Waals surface area contributed by atoms with Gasteiger partial charge in [-0.05, 0) is 45.2 Å². The van der Waals surface area contributed by atoms with Crippen LogP contribution >= 0.6 is 0 Å². The van der Waals surface area contributed by atoms with Crippen LogP contribution in [0.5, 0.6) is 0 Å². The maximum Gasteiger partial charge on any atom is 0.138 e. The van der Waals surface area contributed by atoms with E-state index >= 15 is 0 Å².